The summed E-state index contributed by atoms with van der Waals surface area (Å²) in [7, 11) is 3.57. The van der Waals surface area contributed by atoms with Crippen LogP contribution in [0.4, 0.5) is 0 Å². The van der Waals surface area contributed by atoms with E-state index in [2.05, 4.69) is 11.9 Å². The minimum atomic E-state index is -0.129. The van der Waals surface area contributed by atoms with Crippen molar-refractivity contribution in [2.75, 3.05) is 40.3 Å². The molecule has 26 heavy (non-hydrogen) atoms. The highest BCUT2D eigenvalue weighted by atomic mass is 16.5. The Morgan fingerprint density at radius 1 is 1.04 bits per heavy atom. The number of methoxy groups -OCH3 is 1. The van der Waals surface area contributed by atoms with E-state index in [1.807, 2.05) is 4.90 Å². The second kappa shape index (κ2) is 7.14. The summed E-state index contributed by atoms with van der Waals surface area (Å²) < 4.78 is 4.83. The quantitative estimate of drug-likeness (QED) is 0.705. The van der Waals surface area contributed by atoms with Gasteiger partial charge < -0.3 is 9.64 Å². The molecule has 1 heterocycles. The first-order valence-corrected chi connectivity index (χ1v) is 10.5. The summed E-state index contributed by atoms with van der Waals surface area (Å²) >= 11 is 0. The second-order valence-electron chi connectivity index (χ2n) is 9.77. The lowest BCUT2D eigenvalue weighted by atomic mass is 9.49. The van der Waals surface area contributed by atoms with Gasteiger partial charge in [-0.25, -0.2) is 0 Å². The van der Waals surface area contributed by atoms with Gasteiger partial charge in [0.25, 0.3) is 0 Å². The van der Waals surface area contributed by atoms with E-state index >= 15 is 0 Å². The molecule has 0 radical (unpaired) electrons. The Morgan fingerprint density at radius 2 is 1.58 bits per heavy atom. The summed E-state index contributed by atoms with van der Waals surface area (Å²) in [6, 6.07) is 0. The normalized spacial score (nSPS) is 36.6. The van der Waals surface area contributed by atoms with Crippen LogP contribution in [0.1, 0.15) is 51.4 Å². The molecule has 1 saturated heterocycles. The topological polar surface area (TPSA) is 49.9 Å². The zero-order valence-corrected chi connectivity index (χ0v) is 16.4. The van der Waals surface area contributed by atoms with Crippen molar-refractivity contribution < 1.29 is 14.3 Å². The molecule has 0 atom stereocenters. The number of carbonyl (C=O) groups is 2. The molecule has 0 aromatic carbocycles. The highest BCUT2D eigenvalue weighted by molar-refractivity contribution is 5.79. The Bertz CT molecular complexity index is 518. The molecule has 0 unspecified atom stereocenters. The number of carbonyl (C=O) groups excluding carboxylic acids is 2. The number of nitrogens with zero attached hydrogens (tertiary/aromatic N) is 2. The van der Waals surface area contributed by atoms with Gasteiger partial charge in [-0.2, -0.15) is 0 Å². The molecule has 5 aliphatic rings. The predicted octanol–water partition coefficient (Wildman–Crippen LogP) is 2.55. The number of likely N-dealkylation sites (tertiary alicyclic amines) is 1. The Labute approximate surface area is 157 Å². The number of rotatable bonds is 5. The Morgan fingerprint density at radius 3 is 2.08 bits per heavy atom. The second-order valence-corrected chi connectivity index (χ2v) is 9.77. The number of hydrogen-bond acceptors (Lipinski definition) is 4. The van der Waals surface area contributed by atoms with Crippen molar-refractivity contribution in [3.8, 4) is 0 Å². The molecule has 146 valence electrons. The number of hydrogen-bond donors (Lipinski definition) is 0. The molecule has 4 bridgehead atoms. The van der Waals surface area contributed by atoms with Crippen LogP contribution < -0.4 is 0 Å². The van der Waals surface area contributed by atoms with Gasteiger partial charge in [-0.1, -0.05) is 0 Å². The standard InChI is InChI=1S/C21H34N2O3/c1-22(13-19(24)23-5-3-18(4-6-23)20(25)26-2)14-21-10-15-7-16(11-21)9-17(8-15)12-21/h15-18H,3-14H2,1-2H3. The minimum absolute atomic E-state index is 0.0335. The van der Waals surface area contributed by atoms with Gasteiger partial charge in [0.05, 0.1) is 19.6 Å². The summed E-state index contributed by atoms with van der Waals surface area (Å²) in [5.74, 6) is 2.94. The van der Waals surface area contributed by atoms with Crippen LogP contribution >= 0.6 is 0 Å². The van der Waals surface area contributed by atoms with Gasteiger partial charge in [0, 0.05) is 19.6 Å². The molecule has 0 aromatic rings. The van der Waals surface area contributed by atoms with Crippen LogP contribution in [0.2, 0.25) is 0 Å². The molecule has 0 aromatic heterocycles. The lowest BCUT2D eigenvalue weighted by molar-refractivity contribution is -0.149. The fourth-order valence-corrected chi connectivity index (χ4v) is 6.97. The molecule has 1 amide bonds. The van der Waals surface area contributed by atoms with Crippen LogP contribution in [0.3, 0.4) is 0 Å². The first-order chi connectivity index (χ1) is 12.5. The number of piperidine rings is 1. The number of ether oxygens (including phenoxy) is 1. The first kappa shape index (κ1) is 18.3. The first-order valence-electron chi connectivity index (χ1n) is 10.5. The lowest BCUT2D eigenvalue weighted by Gasteiger charge is -2.57. The van der Waals surface area contributed by atoms with Crippen LogP contribution in [0.5, 0.6) is 0 Å². The number of likely N-dealkylation sites (N-methyl/N-ethyl adjacent to an activating group) is 1. The summed E-state index contributed by atoms with van der Waals surface area (Å²) in [6.45, 7) is 2.97. The van der Waals surface area contributed by atoms with Gasteiger partial charge in [0.2, 0.25) is 5.91 Å². The monoisotopic (exact) mass is 362 g/mol. The van der Waals surface area contributed by atoms with Crippen molar-refractivity contribution in [1.29, 1.82) is 0 Å². The average molecular weight is 363 g/mol. The van der Waals surface area contributed by atoms with Crippen LogP contribution in [0, 0.1) is 29.1 Å². The van der Waals surface area contributed by atoms with Gasteiger partial charge in [-0.15, -0.1) is 0 Å². The van der Waals surface area contributed by atoms with Gasteiger partial charge in [-0.3, -0.25) is 14.5 Å². The molecule has 4 saturated carbocycles. The van der Waals surface area contributed by atoms with Crippen molar-refractivity contribution in [3.05, 3.63) is 0 Å². The van der Waals surface area contributed by atoms with E-state index < -0.39 is 0 Å². The van der Waals surface area contributed by atoms with E-state index in [1.165, 1.54) is 45.6 Å². The van der Waals surface area contributed by atoms with E-state index in [4.69, 9.17) is 4.74 Å². The van der Waals surface area contributed by atoms with Crippen LogP contribution in [0.15, 0.2) is 0 Å². The smallest absolute Gasteiger partial charge is 0.308 e. The summed E-state index contributed by atoms with van der Waals surface area (Å²) in [5.41, 5.74) is 0.488. The largest absolute Gasteiger partial charge is 0.469 e. The molecular formula is C21H34N2O3. The third-order valence-corrected chi connectivity index (χ3v) is 7.56. The van der Waals surface area contributed by atoms with Crippen molar-refractivity contribution in [3.63, 3.8) is 0 Å². The molecule has 0 spiro atoms. The fourth-order valence-electron chi connectivity index (χ4n) is 6.97. The van der Waals surface area contributed by atoms with Gasteiger partial charge >= 0.3 is 5.97 Å². The Balaban J connectivity index is 1.27. The van der Waals surface area contributed by atoms with E-state index in [1.54, 1.807) is 0 Å². The Hall–Kier alpha value is -1.10. The molecule has 5 nitrogen and oxygen atoms in total. The minimum Gasteiger partial charge on any atom is -0.469 e. The van der Waals surface area contributed by atoms with E-state index in [-0.39, 0.29) is 17.8 Å². The van der Waals surface area contributed by atoms with Gasteiger partial charge in [0.1, 0.15) is 0 Å². The van der Waals surface area contributed by atoms with E-state index in [0.717, 1.165) is 37.1 Å². The summed E-state index contributed by atoms with van der Waals surface area (Å²) in [4.78, 5) is 28.6. The lowest BCUT2D eigenvalue weighted by Crippen LogP contribution is -2.52. The van der Waals surface area contributed by atoms with E-state index in [9.17, 15) is 9.59 Å². The molecule has 5 fully saturated rings. The molecule has 5 heteroatoms. The zero-order valence-electron chi connectivity index (χ0n) is 16.4. The molecular weight excluding hydrogens is 328 g/mol. The van der Waals surface area contributed by atoms with Crippen LogP contribution in [-0.4, -0.2) is 62.0 Å². The zero-order chi connectivity index (χ0) is 18.3. The predicted molar refractivity (Wildman–Crippen MR) is 99.4 cm³/mol. The van der Waals surface area contributed by atoms with Crippen molar-refractivity contribution in [2.24, 2.45) is 29.1 Å². The van der Waals surface area contributed by atoms with Gasteiger partial charge in [0.15, 0.2) is 0 Å². The van der Waals surface area contributed by atoms with Crippen molar-refractivity contribution in [2.45, 2.75) is 51.4 Å². The molecule has 0 N–H and O–H groups in total. The maximum atomic E-state index is 12.7. The fraction of sp³-hybridized carbons (Fsp3) is 0.905. The summed E-state index contributed by atoms with van der Waals surface area (Å²) in [6.07, 6.45) is 10.0. The number of esters is 1. The highest BCUT2D eigenvalue weighted by Crippen LogP contribution is 2.60. The van der Waals surface area contributed by atoms with Gasteiger partial charge in [-0.05, 0) is 81.6 Å². The summed E-state index contributed by atoms with van der Waals surface area (Å²) in [5, 5.41) is 0. The third kappa shape index (κ3) is 3.64. The SMILES string of the molecule is COC(=O)C1CCN(C(=O)CN(C)CC23CC4CC(CC(C4)C2)C3)CC1. The Kier molecular flexibility index (Phi) is 5.02. The third-order valence-electron chi connectivity index (χ3n) is 7.56. The van der Waals surface area contributed by atoms with Crippen LogP contribution in [0.25, 0.3) is 0 Å². The van der Waals surface area contributed by atoms with Crippen LogP contribution in [-0.2, 0) is 14.3 Å². The number of amides is 1. The average Bonchev–Trinajstić information content (AvgIpc) is 2.59. The maximum Gasteiger partial charge on any atom is 0.308 e. The highest BCUT2D eigenvalue weighted by Gasteiger charge is 2.51. The molecule has 4 aliphatic carbocycles. The van der Waals surface area contributed by atoms with Crippen molar-refractivity contribution in [1.82, 2.24) is 9.80 Å². The van der Waals surface area contributed by atoms with Crippen molar-refractivity contribution >= 4 is 11.9 Å². The molecule has 1 aliphatic heterocycles. The van der Waals surface area contributed by atoms with E-state index in [0.29, 0.717) is 25.0 Å². The maximum absolute atomic E-state index is 12.7. The molecule has 5 rings (SSSR count).